The summed E-state index contributed by atoms with van der Waals surface area (Å²) in [5.74, 6) is 0.178. The van der Waals surface area contributed by atoms with Crippen molar-refractivity contribution in [1.82, 2.24) is 29.6 Å². The highest BCUT2D eigenvalue weighted by atomic mass is 16.1. The van der Waals surface area contributed by atoms with Gasteiger partial charge in [-0.05, 0) is 44.9 Å². The van der Waals surface area contributed by atoms with E-state index in [1.54, 1.807) is 25.6 Å². The number of nitrogens with one attached hydrogen (secondary N) is 2. The Bertz CT molecular complexity index is 1180. The standard InChI is InChI=1S/C23H29N7O2/c1-15-21-23(32)27-20(13-30(21)14-26-15)16-5-8-29(12-16)17-6-9-28(10-7-17)18-3-4-19(25-11-18)22(31)24-2/h3-4,11,13-14,16-17H,5-10,12H2,1-2H3,(H,24,31)(H,27,32). The first-order valence-corrected chi connectivity index (χ1v) is 11.3. The first-order valence-electron chi connectivity index (χ1n) is 11.3. The first-order chi connectivity index (χ1) is 15.5. The highest BCUT2D eigenvalue weighted by Gasteiger charge is 2.32. The molecule has 0 aliphatic carbocycles. The Morgan fingerprint density at radius 3 is 2.69 bits per heavy atom. The number of piperidine rings is 1. The second kappa shape index (κ2) is 8.38. The van der Waals surface area contributed by atoms with E-state index in [0.717, 1.165) is 62.5 Å². The van der Waals surface area contributed by atoms with E-state index in [1.165, 1.54) is 0 Å². The maximum absolute atomic E-state index is 12.5. The fourth-order valence-corrected chi connectivity index (χ4v) is 5.11. The Labute approximate surface area is 186 Å². The number of anilines is 1. The van der Waals surface area contributed by atoms with Crippen LogP contribution in [0.2, 0.25) is 0 Å². The van der Waals surface area contributed by atoms with E-state index in [2.05, 4.69) is 30.1 Å². The number of hydrogen-bond donors (Lipinski definition) is 2. The summed E-state index contributed by atoms with van der Waals surface area (Å²) in [5, 5.41) is 2.60. The normalized spacial score (nSPS) is 20.2. The van der Waals surface area contributed by atoms with Gasteiger partial charge in [-0.15, -0.1) is 0 Å². The van der Waals surface area contributed by atoms with Gasteiger partial charge in [-0.25, -0.2) is 9.97 Å². The van der Waals surface area contributed by atoms with Gasteiger partial charge >= 0.3 is 0 Å². The number of pyridine rings is 1. The van der Waals surface area contributed by atoms with Crippen LogP contribution in [0, 0.1) is 6.92 Å². The van der Waals surface area contributed by atoms with Crippen LogP contribution in [0.5, 0.6) is 0 Å². The Morgan fingerprint density at radius 2 is 1.97 bits per heavy atom. The average Bonchev–Trinajstić information content (AvgIpc) is 3.46. The molecule has 0 radical (unpaired) electrons. The summed E-state index contributed by atoms with van der Waals surface area (Å²) in [7, 11) is 1.61. The van der Waals surface area contributed by atoms with Gasteiger partial charge in [-0.1, -0.05) is 0 Å². The highest BCUT2D eigenvalue weighted by Crippen LogP contribution is 2.30. The summed E-state index contributed by atoms with van der Waals surface area (Å²) >= 11 is 0. The molecule has 2 saturated heterocycles. The van der Waals surface area contributed by atoms with Crippen molar-refractivity contribution < 1.29 is 4.79 Å². The minimum absolute atomic E-state index is 0.0553. The molecule has 2 fully saturated rings. The molecule has 1 amide bonds. The van der Waals surface area contributed by atoms with Gasteiger partial charge in [0.15, 0.2) is 0 Å². The fraction of sp³-hybridized carbons (Fsp3) is 0.478. The molecule has 5 heterocycles. The van der Waals surface area contributed by atoms with Gasteiger partial charge in [-0.3, -0.25) is 18.9 Å². The number of nitrogens with zero attached hydrogens (tertiary/aromatic N) is 5. The van der Waals surface area contributed by atoms with E-state index in [0.29, 0.717) is 23.2 Å². The number of likely N-dealkylation sites (tertiary alicyclic amines) is 1. The minimum atomic E-state index is -0.164. The largest absolute Gasteiger partial charge is 0.370 e. The molecule has 2 aliphatic heterocycles. The van der Waals surface area contributed by atoms with Gasteiger partial charge in [0.2, 0.25) is 0 Å². The van der Waals surface area contributed by atoms with E-state index in [-0.39, 0.29) is 11.5 Å². The molecule has 168 valence electrons. The van der Waals surface area contributed by atoms with Crippen LogP contribution in [0.15, 0.2) is 35.6 Å². The van der Waals surface area contributed by atoms with Crippen LogP contribution in [0.1, 0.15) is 47.1 Å². The van der Waals surface area contributed by atoms with Gasteiger partial charge in [-0.2, -0.15) is 0 Å². The van der Waals surface area contributed by atoms with Gasteiger partial charge in [0.05, 0.1) is 23.9 Å². The van der Waals surface area contributed by atoms with Crippen molar-refractivity contribution in [2.75, 3.05) is 38.1 Å². The number of carbonyl (C=O) groups is 1. The lowest BCUT2D eigenvalue weighted by molar-refractivity contribution is 0.0958. The first kappa shape index (κ1) is 20.7. The van der Waals surface area contributed by atoms with Gasteiger partial charge in [0, 0.05) is 50.5 Å². The third kappa shape index (κ3) is 3.77. The number of carbonyl (C=O) groups excluding carboxylic acids is 1. The molecule has 1 unspecified atom stereocenters. The zero-order valence-electron chi connectivity index (χ0n) is 18.5. The van der Waals surface area contributed by atoms with E-state index in [9.17, 15) is 9.59 Å². The van der Waals surface area contributed by atoms with Crippen LogP contribution in [0.25, 0.3) is 5.52 Å². The van der Waals surface area contributed by atoms with Crippen LogP contribution in [-0.4, -0.2) is 69.4 Å². The minimum Gasteiger partial charge on any atom is -0.370 e. The lowest BCUT2D eigenvalue weighted by Crippen LogP contribution is -2.44. The summed E-state index contributed by atoms with van der Waals surface area (Å²) in [5.41, 5.74) is 3.85. The molecule has 0 bridgehead atoms. The van der Waals surface area contributed by atoms with Crippen LogP contribution in [0.3, 0.4) is 0 Å². The predicted octanol–water partition coefficient (Wildman–Crippen LogP) is 1.54. The molecule has 5 rings (SSSR count). The molecule has 0 aromatic carbocycles. The zero-order chi connectivity index (χ0) is 22.2. The number of aromatic nitrogens is 4. The van der Waals surface area contributed by atoms with E-state index < -0.39 is 0 Å². The van der Waals surface area contributed by atoms with Crippen LogP contribution in [-0.2, 0) is 0 Å². The van der Waals surface area contributed by atoms with Crippen molar-refractivity contribution in [2.24, 2.45) is 0 Å². The van der Waals surface area contributed by atoms with E-state index in [4.69, 9.17) is 0 Å². The fourth-order valence-electron chi connectivity index (χ4n) is 5.11. The SMILES string of the molecule is CNC(=O)c1ccc(N2CCC(N3CCC(c4cn5cnc(C)c5c(=O)[nH]4)C3)CC2)cn1. The lowest BCUT2D eigenvalue weighted by atomic mass is 10.0. The summed E-state index contributed by atoms with van der Waals surface area (Å²) in [6.45, 7) is 5.84. The number of hydrogen-bond acceptors (Lipinski definition) is 6. The number of aromatic amines is 1. The van der Waals surface area contributed by atoms with Gasteiger partial charge < -0.3 is 15.2 Å². The Hall–Kier alpha value is -3.20. The van der Waals surface area contributed by atoms with Crippen molar-refractivity contribution >= 4 is 17.1 Å². The molecule has 1 atom stereocenters. The average molecular weight is 436 g/mol. The van der Waals surface area contributed by atoms with Crippen molar-refractivity contribution in [3.05, 3.63) is 58.3 Å². The Kier molecular flexibility index (Phi) is 5.42. The molecular formula is C23H29N7O2. The predicted molar refractivity (Wildman–Crippen MR) is 122 cm³/mol. The third-order valence-electron chi connectivity index (χ3n) is 6.94. The number of fused-ring (bicyclic) bond motifs is 1. The number of rotatable bonds is 4. The molecule has 9 nitrogen and oxygen atoms in total. The van der Waals surface area contributed by atoms with E-state index >= 15 is 0 Å². The summed E-state index contributed by atoms with van der Waals surface area (Å²) in [6, 6.07) is 4.32. The molecule has 3 aromatic rings. The van der Waals surface area contributed by atoms with Gasteiger partial charge in [0.1, 0.15) is 11.2 Å². The summed E-state index contributed by atoms with van der Waals surface area (Å²) < 4.78 is 1.86. The van der Waals surface area contributed by atoms with Crippen molar-refractivity contribution in [3.63, 3.8) is 0 Å². The highest BCUT2D eigenvalue weighted by molar-refractivity contribution is 5.92. The van der Waals surface area contributed by atoms with Crippen LogP contribution in [0.4, 0.5) is 5.69 Å². The Morgan fingerprint density at radius 1 is 1.16 bits per heavy atom. The number of amides is 1. The van der Waals surface area contributed by atoms with Crippen molar-refractivity contribution in [2.45, 2.75) is 38.1 Å². The number of imidazole rings is 1. The molecular weight excluding hydrogens is 406 g/mol. The number of H-pyrrole nitrogens is 1. The molecule has 32 heavy (non-hydrogen) atoms. The maximum Gasteiger partial charge on any atom is 0.274 e. The molecule has 2 N–H and O–H groups in total. The molecule has 0 spiro atoms. The Balaban J connectivity index is 1.20. The molecule has 3 aromatic heterocycles. The third-order valence-corrected chi connectivity index (χ3v) is 6.94. The monoisotopic (exact) mass is 435 g/mol. The smallest absolute Gasteiger partial charge is 0.274 e. The molecule has 9 heteroatoms. The molecule has 2 aliphatic rings. The van der Waals surface area contributed by atoms with Gasteiger partial charge in [0.25, 0.3) is 11.5 Å². The summed E-state index contributed by atoms with van der Waals surface area (Å²) in [4.78, 5) is 40.8. The quantitative estimate of drug-likeness (QED) is 0.645. The van der Waals surface area contributed by atoms with E-state index in [1.807, 2.05) is 23.6 Å². The second-order valence-corrected chi connectivity index (χ2v) is 8.80. The topological polar surface area (TPSA) is 98.6 Å². The summed E-state index contributed by atoms with van der Waals surface area (Å²) in [6.07, 6.45) is 8.80. The second-order valence-electron chi connectivity index (χ2n) is 8.80. The van der Waals surface area contributed by atoms with Crippen molar-refractivity contribution in [1.29, 1.82) is 0 Å². The lowest BCUT2D eigenvalue weighted by Gasteiger charge is -2.37. The molecule has 0 saturated carbocycles. The van der Waals surface area contributed by atoms with Crippen molar-refractivity contribution in [3.8, 4) is 0 Å². The number of aryl methyl sites for hydroxylation is 1. The maximum atomic E-state index is 12.5. The van der Waals surface area contributed by atoms with Crippen LogP contribution >= 0.6 is 0 Å². The zero-order valence-corrected chi connectivity index (χ0v) is 18.5. The van der Waals surface area contributed by atoms with Crippen LogP contribution < -0.4 is 15.8 Å².